The molecule has 0 saturated carbocycles. The maximum absolute atomic E-state index is 10.7. The van der Waals surface area contributed by atoms with Crippen molar-refractivity contribution in [2.24, 2.45) is 5.73 Å². The van der Waals surface area contributed by atoms with Crippen molar-refractivity contribution in [2.75, 3.05) is 6.61 Å². The fraction of sp³-hybridized carbons (Fsp3) is 0.429. The second kappa shape index (κ2) is 5.31. The molecule has 0 heterocycles. The van der Waals surface area contributed by atoms with Crippen LogP contribution in [0.25, 0.3) is 0 Å². The van der Waals surface area contributed by atoms with E-state index in [2.05, 4.69) is 11.3 Å². The van der Waals surface area contributed by atoms with Gasteiger partial charge in [-0.3, -0.25) is 4.79 Å². The van der Waals surface area contributed by atoms with Gasteiger partial charge in [0, 0.05) is 0 Å². The van der Waals surface area contributed by atoms with Gasteiger partial charge in [0.05, 0.1) is 6.42 Å². The summed E-state index contributed by atoms with van der Waals surface area (Å²) in [5.74, 6) is -1.62. The van der Waals surface area contributed by atoms with Crippen LogP contribution in [0.1, 0.15) is 6.42 Å². The number of ether oxygens (including phenoxy) is 1. The quantitative estimate of drug-likeness (QED) is 0.410. The summed E-state index contributed by atoms with van der Waals surface area (Å²) in [7, 11) is 0. The fourth-order valence-electron chi connectivity index (χ4n) is 0.511. The predicted octanol–water partition coefficient (Wildman–Crippen LogP) is -1.05. The number of carbonyl (C=O) groups is 2. The van der Waals surface area contributed by atoms with Crippen molar-refractivity contribution in [1.29, 1.82) is 0 Å². The second-order valence-corrected chi connectivity index (χ2v) is 2.10. The highest BCUT2D eigenvalue weighted by atomic mass is 16.5. The molecule has 0 aliphatic heterocycles. The highest BCUT2D eigenvalue weighted by Crippen LogP contribution is 1.93. The summed E-state index contributed by atoms with van der Waals surface area (Å²) in [6, 6.07) is 0. The van der Waals surface area contributed by atoms with Crippen molar-refractivity contribution < 1.29 is 19.4 Å². The summed E-state index contributed by atoms with van der Waals surface area (Å²) in [5, 5.41) is 8.91. The van der Waals surface area contributed by atoms with Crippen LogP contribution >= 0.6 is 0 Å². The molecule has 0 radical (unpaired) electrons. The molecule has 0 aromatic heterocycles. The Bertz CT molecular complexity index is 190. The minimum atomic E-state index is -1.47. The minimum absolute atomic E-state index is 0.00859. The Morgan fingerprint density at radius 1 is 1.67 bits per heavy atom. The highest BCUT2D eigenvalue weighted by molar-refractivity contribution is 5.83. The number of nitrogens with two attached hydrogens (primary N) is 1. The van der Waals surface area contributed by atoms with Gasteiger partial charge in [0.15, 0.2) is 6.10 Å². The van der Waals surface area contributed by atoms with Crippen molar-refractivity contribution >= 4 is 11.9 Å². The molecular formula is C7H11NO4. The lowest BCUT2D eigenvalue weighted by Crippen LogP contribution is -2.28. The van der Waals surface area contributed by atoms with Gasteiger partial charge < -0.3 is 15.6 Å². The van der Waals surface area contributed by atoms with Crippen molar-refractivity contribution in [3.05, 3.63) is 12.7 Å². The summed E-state index contributed by atoms with van der Waals surface area (Å²) in [4.78, 5) is 20.9. The lowest BCUT2D eigenvalue weighted by Gasteiger charge is -2.06. The van der Waals surface area contributed by atoms with Crippen LogP contribution in [0.2, 0.25) is 0 Å². The van der Waals surface area contributed by atoms with Crippen molar-refractivity contribution in [3.63, 3.8) is 0 Å². The molecule has 0 saturated heterocycles. The summed E-state index contributed by atoms with van der Waals surface area (Å²) in [5.41, 5.74) is 4.73. The first kappa shape index (κ1) is 10.6. The third kappa shape index (κ3) is 4.45. The number of hydrogen-bond acceptors (Lipinski definition) is 4. The fourth-order valence-corrected chi connectivity index (χ4v) is 0.511. The van der Waals surface area contributed by atoms with E-state index in [1.165, 1.54) is 6.08 Å². The second-order valence-electron chi connectivity index (χ2n) is 2.10. The molecule has 0 bridgehead atoms. The van der Waals surface area contributed by atoms with Gasteiger partial charge in [-0.2, -0.15) is 0 Å². The van der Waals surface area contributed by atoms with Crippen LogP contribution in [0.4, 0.5) is 0 Å². The molecule has 0 aliphatic carbocycles. The maximum Gasteiger partial charge on any atom is 0.335 e. The van der Waals surface area contributed by atoms with Crippen LogP contribution in [0, 0.1) is 0 Å². The van der Waals surface area contributed by atoms with E-state index in [0.717, 1.165) is 0 Å². The van der Waals surface area contributed by atoms with Gasteiger partial charge in [0.1, 0.15) is 6.61 Å². The Kier molecular flexibility index (Phi) is 4.71. The number of rotatable bonds is 5. The molecule has 0 aliphatic rings. The molecule has 5 nitrogen and oxygen atoms in total. The Morgan fingerprint density at radius 2 is 2.25 bits per heavy atom. The van der Waals surface area contributed by atoms with Gasteiger partial charge in [0.2, 0.25) is 5.91 Å². The molecule has 0 aromatic carbocycles. The molecule has 12 heavy (non-hydrogen) atoms. The summed E-state index contributed by atoms with van der Waals surface area (Å²) >= 11 is 0. The molecule has 0 fully saturated rings. The van der Waals surface area contributed by atoms with Gasteiger partial charge in [-0.25, -0.2) is 4.79 Å². The topological polar surface area (TPSA) is 89.6 Å². The highest BCUT2D eigenvalue weighted by Gasteiger charge is 2.18. The Balaban J connectivity index is 3.76. The van der Waals surface area contributed by atoms with Crippen molar-refractivity contribution in [2.45, 2.75) is 12.5 Å². The zero-order valence-corrected chi connectivity index (χ0v) is 6.53. The number of primary amides is 1. The number of carbonyl (C=O) groups excluding carboxylic acids is 2. The van der Waals surface area contributed by atoms with E-state index >= 15 is 0 Å². The van der Waals surface area contributed by atoms with E-state index in [-0.39, 0.29) is 6.61 Å². The van der Waals surface area contributed by atoms with Crippen LogP contribution < -0.4 is 5.73 Å². The lowest BCUT2D eigenvalue weighted by molar-refractivity contribution is -0.154. The molecule has 5 heteroatoms. The summed E-state index contributed by atoms with van der Waals surface area (Å²) in [6.45, 7) is 3.31. The van der Waals surface area contributed by atoms with Crippen LogP contribution in [-0.4, -0.2) is 29.7 Å². The molecule has 0 spiro atoms. The summed E-state index contributed by atoms with van der Waals surface area (Å²) in [6.07, 6.45) is -0.535. The Morgan fingerprint density at radius 3 is 2.67 bits per heavy atom. The van der Waals surface area contributed by atoms with Gasteiger partial charge in [0.25, 0.3) is 0 Å². The summed E-state index contributed by atoms with van der Waals surface area (Å²) < 4.78 is 4.44. The lowest BCUT2D eigenvalue weighted by atomic mass is 10.2. The molecule has 0 unspecified atom stereocenters. The average Bonchev–Trinajstić information content (AvgIpc) is 1.98. The number of aliphatic hydroxyl groups excluding tert-OH is 1. The number of aliphatic hydroxyl groups is 1. The molecule has 0 aromatic rings. The van der Waals surface area contributed by atoms with E-state index in [9.17, 15) is 9.59 Å². The first-order valence-corrected chi connectivity index (χ1v) is 3.31. The van der Waals surface area contributed by atoms with E-state index in [1.54, 1.807) is 0 Å². The first-order valence-electron chi connectivity index (χ1n) is 3.31. The molecule has 3 N–H and O–H groups in total. The van der Waals surface area contributed by atoms with Crippen LogP contribution in [0.15, 0.2) is 12.7 Å². The minimum Gasteiger partial charge on any atom is -0.460 e. The SMILES string of the molecule is C=CCOC(=O)[C@@H](O)CC(N)=O. The number of amides is 1. The van der Waals surface area contributed by atoms with Gasteiger partial charge in [-0.1, -0.05) is 12.7 Å². The normalized spacial score (nSPS) is 11.8. The Labute approximate surface area is 69.8 Å². The zero-order valence-electron chi connectivity index (χ0n) is 6.53. The van der Waals surface area contributed by atoms with Gasteiger partial charge in [-0.15, -0.1) is 0 Å². The monoisotopic (exact) mass is 173 g/mol. The molecule has 1 atom stereocenters. The largest absolute Gasteiger partial charge is 0.460 e. The van der Waals surface area contributed by atoms with Gasteiger partial charge >= 0.3 is 5.97 Å². The van der Waals surface area contributed by atoms with E-state index in [0.29, 0.717) is 0 Å². The maximum atomic E-state index is 10.7. The molecule has 1 amide bonds. The Hall–Kier alpha value is -1.36. The number of esters is 1. The van der Waals surface area contributed by atoms with Gasteiger partial charge in [-0.05, 0) is 0 Å². The van der Waals surface area contributed by atoms with Crippen LogP contribution in [-0.2, 0) is 14.3 Å². The molecule has 0 rings (SSSR count). The molecular weight excluding hydrogens is 162 g/mol. The zero-order chi connectivity index (χ0) is 9.56. The van der Waals surface area contributed by atoms with E-state index in [4.69, 9.17) is 10.8 Å². The standard InChI is InChI=1S/C7H11NO4/c1-2-3-12-7(11)5(9)4-6(8)10/h2,5,9H,1,3-4H2,(H2,8,10)/t5-/m0/s1. The van der Waals surface area contributed by atoms with E-state index in [1.807, 2.05) is 0 Å². The molecule has 68 valence electrons. The van der Waals surface area contributed by atoms with Crippen LogP contribution in [0.5, 0.6) is 0 Å². The average molecular weight is 173 g/mol. The van der Waals surface area contributed by atoms with Crippen molar-refractivity contribution in [3.8, 4) is 0 Å². The third-order valence-electron chi connectivity index (χ3n) is 1.01. The first-order chi connectivity index (χ1) is 5.57. The van der Waals surface area contributed by atoms with E-state index < -0.39 is 24.4 Å². The van der Waals surface area contributed by atoms with Crippen LogP contribution in [0.3, 0.4) is 0 Å². The van der Waals surface area contributed by atoms with Crippen molar-refractivity contribution in [1.82, 2.24) is 0 Å². The smallest absolute Gasteiger partial charge is 0.335 e. The predicted molar refractivity (Wildman–Crippen MR) is 41.0 cm³/mol. The number of hydrogen-bond donors (Lipinski definition) is 2. The third-order valence-corrected chi connectivity index (χ3v) is 1.01.